The fraction of sp³-hybridized carbons (Fsp3) is 0. The molecule has 74 heavy (non-hydrogen) atoms. The number of nitrogens with zero attached hydrogens (tertiary/aromatic N) is 2. The van der Waals surface area contributed by atoms with Gasteiger partial charge in [0.05, 0.1) is 0 Å². The summed E-state index contributed by atoms with van der Waals surface area (Å²) in [6.45, 7) is 0. The normalized spacial score (nSPS) is 11.5. The molecule has 0 saturated heterocycles. The van der Waals surface area contributed by atoms with Gasteiger partial charge in [0.1, 0.15) is 22.7 Å². The highest BCUT2D eigenvalue weighted by atomic mass is 16.3. The Balaban J connectivity index is 0.751. The smallest absolute Gasteiger partial charge is 0.142 e. The lowest BCUT2D eigenvalue weighted by atomic mass is 10.0. The Morgan fingerprint density at radius 2 is 0.500 bits per heavy atom. The molecule has 2 heterocycles. The number of anilines is 6. The van der Waals surface area contributed by atoms with Crippen LogP contribution in [0.4, 0.5) is 34.1 Å². The molecule has 0 radical (unpaired) electrons. The van der Waals surface area contributed by atoms with Gasteiger partial charge in [0.2, 0.25) is 0 Å². The summed E-state index contributed by atoms with van der Waals surface area (Å²) in [6, 6.07) is 99.3. The van der Waals surface area contributed by atoms with Crippen LogP contribution >= 0.6 is 0 Å². The minimum absolute atomic E-state index is 0.829. The second kappa shape index (κ2) is 18.1. The van der Waals surface area contributed by atoms with Gasteiger partial charge < -0.3 is 18.6 Å². The highest BCUT2D eigenvalue weighted by molar-refractivity contribution is 6.15. The molecule has 0 bridgehead atoms. The lowest BCUT2D eigenvalue weighted by Gasteiger charge is -2.26. The fourth-order valence-electron chi connectivity index (χ4n) is 10.7. The molecule has 0 aliphatic carbocycles. The fourth-order valence-corrected chi connectivity index (χ4v) is 10.7. The molecule has 0 fully saturated rings. The third kappa shape index (κ3) is 7.83. The van der Waals surface area contributed by atoms with Crippen LogP contribution in [0.25, 0.3) is 99.2 Å². The first-order valence-electron chi connectivity index (χ1n) is 25.1. The van der Waals surface area contributed by atoms with E-state index in [1.54, 1.807) is 0 Å². The summed E-state index contributed by atoms with van der Waals surface area (Å²) in [7, 11) is 0. The molecular weight excluding hydrogens is 901 g/mol. The van der Waals surface area contributed by atoms with E-state index >= 15 is 0 Å². The van der Waals surface area contributed by atoms with Gasteiger partial charge in [-0.15, -0.1) is 0 Å². The van der Waals surface area contributed by atoms with Crippen molar-refractivity contribution in [2.24, 2.45) is 0 Å². The number of hydrogen-bond acceptors (Lipinski definition) is 4. The second-order valence-electron chi connectivity index (χ2n) is 18.9. The Morgan fingerprint density at radius 3 is 0.905 bits per heavy atom. The summed E-state index contributed by atoms with van der Waals surface area (Å²) in [5, 5.41) is 8.73. The Morgan fingerprint density at radius 1 is 0.203 bits per heavy atom. The Labute approximate surface area is 428 Å². The highest BCUT2D eigenvalue weighted by Crippen LogP contribution is 2.42. The summed E-state index contributed by atoms with van der Waals surface area (Å²) >= 11 is 0. The van der Waals surface area contributed by atoms with Crippen LogP contribution in [0, 0.1) is 0 Å². The van der Waals surface area contributed by atoms with Crippen LogP contribution in [0.2, 0.25) is 0 Å². The molecule has 4 nitrogen and oxygen atoms in total. The van der Waals surface area contributed by atoms with Gasteiger partial charge in [0.25, 0.3) is 0 Å². The summed E-state index contributed by atoms with van der Waals surface area (Å²) in [6.07, 6.45) is 0. The van der Waals surface area contributed by atoms with Crippen molar-refractivity contribution in [2.75, 3.05) is 9.80 Å². The Kier molecular flexibility index (Phi) is 10.5. The van der Waals surface area contributed by atoms with E-state index in [-0.39, 0.29) is 0 Å². The second-order valence-corrected chi connectivity index (χ2v) is 18.9. The van der Waals surface area contributed by atoms with Crippen molar-refractivity contribution >= 4 is 88.4 Å². The van der Waals surface area contributed by atoms with Crippen LogP contribution < -0.4 is 9.80 Å². The molecule has 14 rings (SSSR count). The third-order valence-electron chi connectivity index (χ3n) is 14.4. The van der Waals surface area contributed by atoms with Crippen LogP contribution in [0.5, 0.6) is 0 Å². The minimum atomic E-state index is 0.829. The lowest BCUT2D eigenvalue weighted by Crippen LogP contribution is -2.09. The van der Waals surface area contributed by atoms with Crippen LogP contribution in [-0.4, -0.2) is 0 Å². The maximum atomic E-state index is 6.78. The molecule has 0 N–H and O–H groups in total. The Hall–Kier alpha value is -9.90. The maximum absolute atomic E-state index is 6.78. The molecule has 0 aliphatic rings. The van der Waals surface area contributed by atoms with Crippen molar-refractivity contribution in [1.82, 2.24) is 0 Å². The molecule has 0 amide bonds. The van der Waals surface area contributed by atoms with Crippen LogP contribution in [0.1, 0.15) is 0 Å². The molecular formula is C70H46N2O2. The zero-order chi connectivity index (χ0) is 49.0. The summed E-state index contributed by atoms with van der Waals surface area (Å²) in [5.74, 6) is 1.66. The number of hydrogen-bond donors (Lipinski definition) is 0. The van der Waals surface area contributed by atoms with Crippen LogP contribution in [-0.2, 0) is 0 Å². The first kappa shape index (κ1) is 42.9. The monoisotopic (exact) mass is 946 g/mol. The highest BCUT2D eigenvalue weighted by Gasteiger charge is 2.19. The van der Waals surface area contributed by atoms with Crippen LogP contribution in [0.15, 0.2) is 288 Å². The molecule has 2 aromatic heterocycles. The van der Waals surface area contributed by atoms with E-state index in [1.165, 1.54) is 22.3 Å². The average Bonchev–Trinajstić information content (AvgIpc) is 4.14. The van der Waals surface area contributed by atoms with Crippen molar-refractivity contribution in [2.45, 2.75) is 0 Å². The lowest BCUT2D eigenvalue weighted by molar-refractivity contribution is 0.632. The van der Waals surface area contributed by atoms with Crippen molar-refractivity contribution in [3.8, 4) is 44.9 Å². The zero-order valence-electron chi connectivity index (χ0n) is 40.3. The molecule has 0 unspecified atom stereocenters. The Bertz CT molecular complexity index is 4050. The van der Waals surface area contributed by atoms with Crippen molar-refractivity contribution in [3.05, 3.63) is 279 Å². The van der Waals surface area contributed by atoms with Gasteiger partial charge >= 0.3 is 0 Å². The van der Waals surface area contributed by atoms with Gasteiger partial charge in [0, 0.05) is 66.8 Å². The predicted molar refractivity (Wildman–Crippen MR) is 310 cm³/mol. The zero-order valence-corrected chi connectivity index (χ0v) is 40.3. The van der Waals surface area contributed by atoms with E-state index in [4.69, 9.17) is 8.83 Å². The SMILES string of the molecule is c1ccc(-c2ccc(N(c3ccccc3)c3ccc4cc(-c5cc6ccc7c(ccc8cc(-c9ccc%10cc(N(c%11ccccc%11)c%11ccc(-c%12ccccc%12)cc%11)ccc%10c9)oc87)c6o5)ccc4c3)cc2)cc1. The number of furan rings is 2. The number of rotatable bonds is 10. The van der Waals surface area contributed by atoms with E-state index in [0.29, 0.717) is 0 Å². The van der Waals surface area contributed by atoms with Gasteiger partial charge in [-0.05, 0) is 153 Å². The number of para-hydroxylation sites is 2. The van der Waals surface area contributed by atoms with Gasteiger partial charge in [-0.1, -0.05) is 170 Å². The van der Waals surface area contributed by atoms with E-state index in [2.05, 4.69) is 289 Å². The topological polar surface area (TPSA) is 32.8 Å². The van der Waals surface area contributed by atoms with Gasteiger partial charge in [-0.2, -0.15) is 0 Å². The number of benzene rings is 12. The molecule has 4 heteroatoms. The first-order valence-corrected chi connectivity index (χ1v) is 25.1. The van der Waals surface area contributed by atoms with Crippen LogP contribution in [0.3, 0.4) is 0 Å². The van der Waals surface area contributed by atoms with Gasteiger partial charge in [0.15, 0.2) is 0 Å². The van der Waals surface area contributed by atoms with Gasteiger partial charge in [-0.25, -0.2) is 0 Å². The van der Waals surface area contributed by atoms with Gasteiger partial charge in [-0.3, -0.25) is 0 Å². The largest absolute Gasteiger partial charge is 0.455 e. The van der Waals surface area contributed by atoms with Crippen molar-refractivity contribution < 1.29 is 8.83 Å². The standard InChI is InChI=1S/C70H46N2O2/c1-5-13-47(14-6-1)49-25-33-61(34-26-49)71(59-17-9-3-10-18-59)63-37-29-51-41-55(23-21-53(51)43-63)67-45-57-31-39-66-65(69(57)73-67)40-32-58-46-68(74-70(58)66)56-24-22-54-44-64(38-30-52(54)42-56)72(60-19-11-4-12-20-60)62-35-27-50(28-36-62)48-15-7-2-8-16-48/h1-46H. The molecule has 0 saturated carbocycles. The molecule has 12 aromatic carbocycles. The molecule has 0 atom stereocenters. The minimum Gasteiger partial charge on any atom is -0.455 e. The summed E-state index contributed by atoms with van der Waals surface area (Å²) in [4.78, 5) is 4.63. The molecule has 14 aromatic rings. The average molecular weight is 947 g/mol. The van der Waals surface area contributed by atoms with E-state index in [9.17, 15) is 0 Å². The quantitative estimate of drug-likeness (QED) is 0.137. The van der Waals surface area contributed by atoms with Crippen molar-refractivity contribution in [1.29, 1.82) is 0 Å². The third-order valence-corrected chi connectivity index (χ3v) is 14.4. The maximum Gasteiger partial charge on any atom is 0.142 e. The predicted octanol–water partition coefficient (Wildman–Crippen LogP) is 20.2. The summed E-state index contributed by atoms with van der Waals surface area (Å²) < 4.78 is 13.6. The summed E-state index contributed by atoms with van der Waals surface area (Å²) in [5.41, 5.74) is 15.1. The first-order chi connectivity index (χ1) is 36.6. The number of fused-ring (bicyclic) bond motifs is 7. The van der Waals surface area contributed by atoms with E-state index in [0.717, 1.165) is 111 Å². The van der Waals surface area contributed by atoms with Crippen molar-refractivity contribution in [3.63, 3.8) is 0 Å². The molecule has 0 spiro atoms. The molecule has 0 aliphatic heterocycles. The molecule has 348 valence electrons. The van der Waals surface area contributed by atoms with E-state index < -0.39 is 0 Å². The van der Waals surface area contributed by atoms with E-state index in [1.807, 2.05) is 0 Å².